The molecule has 0 saturated carbocycles. The molecule has 120 valence electrons. The fourth-order valence-electron chi connectivity index (χ4n) is 2.81. The zero-order valence-electron chi connectivity index (χ0n) is 13.5. The van der Waals surface area contributed by atoms with Gasteiger partial charge in [-0.2, -0.15) is 0 Å². The van der Waals surface area contributed by atoms with Crippen molar-refractivity contribution < 1.29 is 4.79 Å². The first-order valence-corrected chi connectivity index (χ1v) is 8.19. The number of rotatable bonds is 3. The molecule has 0 radical (unpaired) electrons. The Labute approximate surface area is 136 Å². The summed E-state index contributed by atoms with van der Waals surface area (Å²) < 4.78 is 0. The minimum atomic E-state index is 0.00198. The predicted molar refractivity (Wildman–Crippen MR) is 90.9 cm³/mol. The third-order valence-corrected chi connectivity index (χ3v) is 4.16. The van der Waals surface area contributed by atoms with E-state index in [9.17, 15) is 4.79 Å². The molecule has 1 N–H and O–H groups in total. The van der Waals surface area contributed by atoms with Crippen LogP contribution < -0.4 is 5.32 Å². The van der Waals surface area contributed by atoms with Gasteiger partial charge in [0.05, 0.1) is 0 Å². The van der Waals surface area contributed by atoms with E-state index in [0.29, 0.717) is 11.6 Å². The molecule has 1 amide bonds. The Balaban J connectivity index is 1.76. The standard InChI is InChI=1S/C18H22N4O/c1-14-8-4-5-9-15(14)20-18-19-11-10-16(21-18)17(23)22-12-6-2-3-7-13-22/h4-5,8-11H,2-3,6-7,12-13H2,1H3,(H,19,20,21). The summed E-state index contributed by atoms with van der Waals surface area (Å²) in [5, 5.41) is 3.19. The number of anilines is 2. The molecule has 3 rings (SSSR count). The number of carbonyl (C=O) groups excluding carboxylic acids is 1. The zero-order chi connectivity index (χ0) is 16.1. The lowest BCUT2D eigenvalue weighted by Gasteiger charge is -2.19. The Morgan fingerprint density at radius 3 is 2.57 bits per heavy atom. The molecule has 1 saturated heterocycles. The molecule has 1 aromatic carbocycles. The molecule has 1 aliphatic heterocycles. The number of likely N-dealkylation sites (tertiary alicyclic amines) is 1. The Hall–Kier alpha value is -2.43. The molecule has 0 bridgehead atoms. The molecule has 2 heterocycles. The van der Waals surface area contributed by atoms with Crippen molar-refractivity contribution in [3.8, 4) is 0 Å². The molecule has 2 aromatic rings. The van der Waals surface area contributed by atoms with Crippen LogP contribution in [0.25, 0.3) is 0 Å². The van der Waals surface area contributed by atoms with Crippen molar-refractivity contribution in [2.45, 2.75) is 32.6 Å². The van der Waals surface area contributed by atoms with Crippen molar-refractivity contribution in [3.05, 3.63) is 47.8 Å². The molecule has 0 aliphatic carbocycles. The van der Waals surface area contributed by atoms with Gasteiger partial charge in [-0.05, 0) is 37.5 Å². The number of hydrogen-bond acceptors (Lipinski definition) is 4. The third-order valence-electron chi connectivity index (χ3n) is 4.16. The fraction of sp³-hybridized carbons (Fsp3) is 0.389. The van der Waals surface area contributed by atoms with Gasteiger partial charge in [0.25, 0.3) is 5.91 Å². The van der Waals surface area contributed by atoms with Gasteiger partial charge in [-0.15, -0.1) is 0 Å². The number of aromatic nitrogens is 2. The molecule has 0 spiro atoms. The molecule has 1 fully saturated rings. The van der Waals surface area contributed by atoms with Gasteiger partial charge in [-0.3, -0.25) is 4.79 Å². The third kappa shape index (κ3) is 3.86. The van der Waals surface area contributed by atoms with E-state index < -0.39 is 0 Å². The average Bonchev–Trinajstić information content (AvgIpc) is 2.86. The van der Waals surface area contributed by atoms with Crippen LogP contribution in [0, 0.1) is 6.92 Å². The summed E-state index contributed by atoms with van der Waals surface area (Å²) in [5.74, 6) is 0.460. The van der Waals surface area contributed by atoms with Gasteiger partial charge in [-0.25, -0.2) is 9.97 Å². The minimum Gasteiger partial charge on any atom is -0.337 e. The van der Waals surface area contributed by atoms with E-state index in [0.717, 1.165) is 37.2 Å². The van der Waals surface area contributed by atoms with Crippen LogP contribution in [0.5, 0.6) is 0 Å². The maximum atomic E-state index is 12.6. The summed E-state index contributed by atoms with van der Waals surface area (Å²) in [4.78, 5) is 23.2. The van der Waals surface area contributed by atoms with Crippen molar-refractivity contribution in [1.29, 1.82) is 0 Å². The lowest BCUT2D eigenvalue weighted by Crippen LogP contribution is -2.32. The number of benzene rings is 1. The molecule has 1 aromatic heterocycles. The lowest BCUT2D eigenvalue weighted by atomic mass is 10.2. The molecule has 0 atom stereocenters. The second-order valence-electron chi connectivity index (χ2n) is 5.91. The fourth-order valence-corrected chi connectivity index (χ4v) is 2.81. The first-order valence-electron chi connectivity index (χ1n) is 8.19. The van der Waals surface area contributed by atoms with E-state index >= 15 is 0 Å². The second kappa shape index (κ2) is 7.22. The van der Waals surface area contributed by atoms with Gasteiger partial charge in [0.2, 0.25) is 5.95 Å². The van der Waals surface area contributed by atoms with Crippen LogP contribution in [-0.2, 0) is 0 Å². The topological polar surface area (TPSA) is 58.1 Å². The molecule has 5 nitrogen and oxygen atoms in total. The molecule has 23 heavy (non-hydrogen) atoms. The monoisotopic (exact) mass is 310 g/mol. The van der Waals surface area contributed by atoms with Gasteiger partial charge in [0.1, 0.15) is 5.69 Å². The van der Waals surface area contributed by atoms with E-state index in [1.807, 2.05) is 36.1 Å². The summed E-state index contributed by atoms with van der Waals surface area (Å²) in [7, 11) is 0. The molecule has 5 heteroatoms. The SMILES string of the molecule is Cc1ccccc1Nc1nccc(C(=O)N2CCCCCC2)n1. The Kier molecular flexibility index (Phi) is 4.86. The van der Waals surface area contributed by atoms with E-state index in [4.69, 9.17) is 0 Å². The Morgan fingerprint density at radius 1 is 1.09 bits per heavy atom. The summed E-state index contributed by atoms with van der Waals surface area (Å²) >= 11 is 0. The van der Waals surface area contributed by atoms with E-state index in [1.54, 1.807) is 12.3 Å². The predicted octanol–water partition coefficient (Wildman–Crippen LogP) is 3.54. The summed E-state index contributed by atoms with van der Waals surface area (Å²) in [6.45, 7) is 3.67. The smallest absolute Gasteiger partial charge is 0.272 e. The van der Waals surface area contributed by atoms with Gasteiger partial charge < -0.3 is 10.2 Å². The van der Waals surface area contributed by atoms with Gasteiger partial charge in [0, 0.05) is 25.0 Å². The number of amides is 1. The van der Waals surface area contributed by atoms with E-state index in [1.165, 1.54) is 12.8 Å². The van der Waals surface area contributed by atoms with Crippen LogP contribution in [0.15, 0.2) is 36.5 Å². The maximum Gasteiger partial charge on any atom is 0.272 e. The zero-order valence-corrected chi connectivity index (χ0v) is 13.5. The second-order valence-corrected chi connectivity index (χ2v) is 5.91. The molecule has 1 aliphatic rings. The molecular weight excluding hydrogens is 288 g/mol. The van der Waals surface area contributed by atoms with Crippen molar-refractivity contribution >= 4 is 17.5 Å². The van der Waals surface area contributed by atoms with Crippen LogP contribution in [-0.4, -0.2) is 33.9 Å². The lowest BCUT2D eigenvalue weighted by molar-refractivity contribution is 0.0755. The highest BCUT2D eigenvalue weighted by molar-refractivity contribution is 5.92. The summed E-state index contributed by atoms with van der Waals surface area (Å²) in [6.07, 6.45) is 6.19. The van der Waals surface area contributed by atoms with Crippen molar-refractivity contribution in [3.63, 3.8) is 0 Å². The van der Waals surface area contributed by atoms with E-state index in [2.05, 4.69) is 15.3 Å². The normalized spacial score (nSPS) is 15.1. The first-order chi connectivity index (χ1) is 11.2. The quantitative estimate of drug-likeness (QED) is 0.942. The van der Waals surface area contributed by atoms with Crippen molar-refractivity contribution in [2.75, 3.05) is 18.4 Å². The van der Waals surface area contributed by atoms with Crippen LogP contribution in [0.4, 0.5) is 11.6 Å². The number of nitrogens with zero attached hydrogens (tertiary/aromatic N) is 3. The number of carbonyl (C=O) groups is 1. The highest BCUT2D eigenvalue weighted by Gasteiger charge is 2.19. The van der Waals surface area contributed by atoms with Crippen LogP contribution in [0.3, 0.4) is 0 Å². The average molecular weight is 310 g/mol. The maximum absolute atomic E-state index is 12.6. The first kappa shape index (κ1) is 15.5. The summed E-state index contributed by atoms with van der Waals surface area (Å²) in [6, 6.07) is 9.63. The highest BCUT2D eigenvalue weighted by Crippen LogP contribution is 2.18. The highest BCUT2D eigenvalue weighted by atomic mass is 16.2. The van der Waals surface area contributed by atoms with Gasteiger partial charge >= 0.3 is 0 Å². The molecular formula is C18H22N4O. The largest absolute Gasteiger partial charge is 0.337 e. The molecule has 0 unspecified atom stereocenters. The van der Waals surface area contributed by atoms with E-state index in [-0.39, 0.29) is 5.91 Å². The van der Waals surface area contributed by atoms with Crippen molar-refractivity contribution in [1.82, 2.24) is 14.9 Å². The van der Waals surface area contributed by atoms with Crippen LogP contribution in [0.2, 0.25) is 0 Å². The van der Waals surface area contributed by atoms with Crippen LogP contribution >= 0.6 is 0 Å². The Morgan fingerprint density at radius 2 is 1.83 bits per heavy atom. The number of nitrogens with one attached hydrogen (secondary N) is 1. The summed E-state index contributed by atoms with van der Waals surface area (Å²) in [5.41, 5.74) is 2.52. The van der Waals surface area contributed by atoms with Gasteiger partial charge in [0.15, 0.2) is 0 Å². The van der Waals surface area contributed by atoms with Crippen LogP contribution in [0.1, 0.15) is 41.7 Å². The number of para-hydroxylation sites is 1. The minimum absolute atomic E-state index is 0.00198. The number of aryl methyl sites for hydroxylation is 1. The van der Waals surface area contributed by atoms with Crippen molar-refractivity contribution in [2.24, 2.45) is 0 Å². The van der Waals surface area contributed by atoms with Gasteiger partial charge in [-0.1, -0.05) is 31.0 Å². The number of hydrogen-bond donors (Lipinski definition) is 1. The Bertz CT molecular complexity index is 678.